The molecule has 1 aliphatic heterocycles. The molecule has 19 heavy (non-hydrogen) atoms. The minimum atomic E-state index is -1.18. The van der Waals surface area contributed by atoms with Crippen LogP contribution in [0.15, 0.2) is 12.1 Å². The highest BCUT2D eigenvalue weighted by Crippen LogP contribution is 2.32. The minimum Gasteiger partial charge on any atom is -0.478 e. The van der Waals surface area contributed by atoms with Gasteiger partial charge in [-0.3, -0.25) is 0 Å². The Morgan fingerprint density at radius 3 is 2.68 bits per heavy atom. The smallest absolute Gasteiger partial charge is 0.340 e. The number of aromatic carboxylic acids is 1. The van der Waals surface area contributed by atoms with Crippen LogP contribution in [0.1, 0.15) is 30.6 Å². The lowest BCUT2D eigenvalue weighted by atomic mass is 9.88. The first-order chi connectivity index (χ1) is 8.91. The number of anilines is 2. The van der Waals surface area contributed by atoms with Gasteiger partial charge in [-0.25, -0.2) is 9.18 Å². The van der Waals surface area contributed by atoms with Crippen LogP contribution in [0.3, 0.4) is 0 Å². The van der Waals surface area contributed by atoms with E-state index in [0.29, 0.717) is 17.5 Å². The van der Waals surface area contributed by atoms with E-state index in [-0.39, 0.29) is 11.3 Å². The van der Waals surface area contributed by atoms with Crippen LogP contribution in [-0.4, -0.2) is 24.2 Å². The van der Waals surface area contributed by atoms with Gasteiger partial charge in [-0.15, -0.1) is 0 Å². The number of rotatable bonds is 2. The molecular formula is C14H19FN2O2. The van der Waals surface area contributed by atoms with E-state index in [2.05, 4.69) is 13.8 Å². The number of benzene rings is 1. The fourth-order valence-corrected chi connectivity index (χ4v) is 2.55. The second-order valence-electron chi connectivity index (χ2n) is 5.35. The molecule has 1 fully saturated rings. The van der Waals surface area contributed by atoms with Crippen molar-refractivity contribution in [1.82, 2.24) is 0 Å². The first-order valence-electron chi connectivity index (χ1n) is 6.48. The van der Waals surface area contributed by atoms with Crippen LogP contribution in [-0.2, 0) is 0 Å². The first kappa shape index (κ1) is 13.6. The fourth-order valence-electron chi connectivity index (χ4n) is 2.55. The van der Waals surface area contributed by atoms with Crippen LogP contribution in [0, 0.1) is 17.7 Å². The molecule has 0 spiro atoms. The van der Waals surface area contributed by atoms with Crippen LogP contribution in [0.4, 0.5) is 15.8 Å². The minimum absolute atomic E-state index is 0.123. The van der Waals surface area contributed by atoms with Crippen molar-refractivity contribution in [3.8, 4) is 0 Å². The Morgan fingerprint density at radius 2 is 2.11 bits per heavy atom. The molecule has 0 aliphatic carbocycles. The fraction of sp³-hybridized carbons (Fsp3) is 0.500. The summed E-state index contributed by atoms with van der Waals surface area (Å²) in [6.45, 7) is 5.88. The summed E-state index contributed by atoms with van der Waals surface area (Å²) in [5, 5.41) is 9.25. The summed E-state index contributed by atoms with van der Waals surface area (Å²) in [7, 11) is 0. The van der Waals surface area contributed by atoms with E-state index in [1.165, 1.54) is 12.1 Å². The zero-order valence-electron chi connectivity index (χ0n) is 11.2. The quantitative estimate of drug-likeness (QED) is 0.807. The van der Waals surface area contributed by atoms with Gasteiger partial charge in [-0.05, 0) is 30.4 Å². The molecule has 0 bridgehead atoms. The van der Waals surface area contributed by atoms with Gasteiger partial charge in [0.1, 0.15) is 11.4 Å². The summed E-state index contributed by atoms with van der Waals surface area (Å²) < 4.78 is 13.4. The molecule has 2 rings (SSSR count). The molecule has 0 saturated carbocycles. The van der Waals surface area contributed by atoms with E-state index >= 15 is 0 Å². The van der Waals surface area contributed by atoms with Crippen molar-refractivity contribution in [2.24, 2.45) is 11.8 Å². The number of hydrogen-bond acceptors (Lipinski definition) is 3. The van der Waals surface area contributed by atoms with E-state index in [9.17, 15) is 14.3 Å². The van der Waals surface area contributed by atoms with Crippen LogP contribution in [0.25, 0.3) is 0 Å². The average Bonchev–Trinajstić information content (AvgIpc) is 2.35. The third kappa shape index (κ3) is 2.50. The number of hydrogen-bond donors (Lipinski definition) is 2. The van der Waals surface area contributed by atoms with Crippen molar-refractivity contribution in [2.75, 3.05) is 23.7 Å². The third-order valence-corrected chi connectivity index (χ3v) is 4.06. The van der Waals surface area contributed by atoms with Gasteiger partial charge in [-0.2, -0.15) is 0 Å². The molecule has 1 saturated heterocycles. The highest BCUT2D eigenvalue weighted by atomic mass is 19.1. The Kier molecular flexibility index (Phi) is 3.64. The van der Waals surface area contributed by atoms with Crippen molar-refractivity contribution in [3.63, 3.8) is 0 Å². The van der Waals surface area contributed by atoms with Gasteiger partial charge in [0.05, 0.1) is 11.4 Å². The van der Waals surface area contributed by atoms with Gasteiger partial charge < -0.3 is 15.7 Å². The Labute approximate surface area is 112 Å². The van der Waals surface area contributed by atoms with Gasteiger partial charge in [0, 0.05) is 13.1 Å². The molecule has 0 radical (unpaired) electrons. The summed E-state index contributed by atoms with van der Waals surface area (Å²) in [5.41, 5.74) is 5.68. The molecule has 1 heterocycles. The third-order valence-electron chi connectivity index (χ3n) is 4.06. The van der Waals surface area contributed by atoms with Crippen molar-refractivity contribution < 1.29 is 14.3 Å². The molecule has 0 aromatic heterocycles. The van der Waals surface area contributed by atoms with Gasteiger partial charge >= 0.3 is 5.97 Å². The van der Waals surface area contributed by atoms with Crippen molar-refractivity contribution in [3.05, 3.63) is 23.5 Å². The predicted octanol–water partition coefficient (Wildman–Crippen LogP) is 2.59. The van der Waals surface area contributed by atoms with Gasteiger partial charge in [0.2, 0.25) is 0 Å². The normalized spacial score (nSPS) is 23.4. The van der Waals surface area contributed by atoms with E-state index in [0.717, 1.165) is 19.5 Å². The number of halogens is 1. The van der Waals surface area contributed by atoms with Crippen LogP contribution < -0.4 is 10.6 Å². The zero-order valence-corrected chi connectivity index (χ0v) is 11.2. The Balaban J connectivity index is 2.40. The average molecular weight is 266 g/mol. The summed E-state index contributed by atoms with van der Waals surface area (Å²) in [6.07, 6.45) is 0.998. The maximum atomic E-state index is 13.4. The van der Waals surface area contributed by atoms with E-state index in [4.69, 9.17) is 5.73 Å². The first-order valence-corrected chi connectivity index (χ1v) is 6.48. The molecular weight excluding hydrogens is 247 g/mol. The molecule has 4 nitrogen and oxygen atoms in total. The number of carboxylic acid groups (broad SMARTS) is 1. The number of piperidine rings is 1. The Morgan fingerprint density at radius 1 is 1.42 bits per heavy atom. The molecule has 1 aromatic rings. The number of carboxylic acids is 1. The largest absolute Gasteiger partial charge is 0.478 e. The van der Waals surface area contributed by atoms with Gasteiger partial charge in [0.25, 0.3) is 0 Å². The Bertz CT molecular complexity index is 504. The molecule has 0 amide bonds. The van der Waals surface area contributed by atoms with E-state index in [1.54, 1.807) is 0 Å². The number of nitrogen functional groups attached to an aromatic ring is 1. The van der Waals surface area contributed by atoms with Crippen molar-refractivity contribution in [1.29, 1.82) is 0 Å². The second-order valence-corrected chi connectivity index (χ2v) is 5.35. The maximum Gasteiger partial charge on any atom is 0.340 e. The van der Waals surface area contributed by atoms with Gasteiger partial charge in [-0.1, -0.05) is 13.8 Å². The van der Waals surface area contributed by atoms with E-state index in [1.807, 2.05) is 4.90 Å². The van der Waals surface area contributed by atoms with Gasteiger partial charge in [0.15, 0.2) is 0 Å². The lowest BCUT2D eigenvalue weighted by molar-refractivity contribution is 0.0698. The summed E-state index contributed by atoms with van der Waals surface area (Å²) in [4.78, 5) is 13.3. The molecule has 1 aromatic carbocycles. The summed E-state index contributed by atoms with van der Waals surface area (Å²) >= 11 is 0. The van der Waals surface area contributed by atoms with E-state index < -0.39 is 11.8 Å². The topological polar surface area (TPSA) is 66.6 Å². The maximum absolute atomic E-state index is 13.4. The summed E-state index contributed by atoms with van der Waals surface area (Å²) in [6, 6.07) is 2.75. The molecule has 2 atom stereocenters. The highest BCUT2D eigenvalue weighted by molar-refractivity contribution is 6.00. The number of nitrogens with zero attached hydrogens (tertiary/aromatic N) is 1. The zero-order chi connectivity index (χ0) is 14.2. The molecule has 5 heteroatoms. The predicted molar refractivity (Wildman–Crippen MR) is 72.9 cm³/mol. The lowest BCUT2D eigenvalue weighted by Crippen LogP contribution is -2.39. The summed E-state index contributed by atoms with van der Waals surface area (Å²) in [5.74, 6) is -0.776. The Hall–Kier alpha value is -1.78. The second kappa shape index (κ2) is 5.07. The standard InChI is InChI=1S/C14H19FN2O2/c1-8-5-6-17(7-9(8)2)11-4-3-10(15)13(16)12(11)14(18)19/h3-4,8-9H,5-7,16H2,1-2H3,(H,18,19). The van der Waals surface area contributed by atoms with Crippen LogP contribution >= 0.6 is 0 Å². The van der Waals surface area contributed by atoms with Crippen LogP contribution in [0.2, 0.25) is 0 Å². The monoisotopic (exact) mass is 266 g/mol. The highest BCUT2D eigenvalue weighted by Gasteiger charge is 2.27. The van der Waals surface area contributed by atoms with Crippen molar-refractivity contribution in [2.45, 2.75) is 20.3 Å². The molecule has 104 valence electrons. The van der Waals surface area contributed by atoms with Crippen molar-refractivity contribution >= 4 is 17.3 Å². The number of nitrogens with two attached hydrogens (primary N) is 1. The SMILES string of the molecule is CC1CCN(c2ccc(F)c(N)c2C(=O)O)CC1C. The number of carbonyl (C=O) groups is 1. The molecule has 3 N–H and O–H groups in total. The lowest BCUT2D eigenvalue weighted by Gasteiger charge is -2.37. The molecule has 2 unspecified atom stereocenters. The van der Waals surface area contributed by atoms with Crippen LogP contribution in [0.5, 0.6) is 0 Å². The molecule has 1 aliphatic rings.